The first kappa shape index (κ1) is 33.2. The minimum absolute atomic E-state index is 0.0509. The molecule has 2 heteroatoms. The molecule has 9 aromatic carbocycles. The van der Waals surface area contributed by atoms with Gasteiger partial charge in [0, 0.05) is 22.6 Å². The lowest BCUT2D eigenvalue weighted by atomic mass is 9.60. The van der Waals surface area contributed by atoms with Crippen LogP contribution in [0, 0.1) is 0 Å². The molecule has 0 saturated carbocycles. The Morgan fingerprint density at radius 3 is 1.52 bits per heavy atom. The maximum absolute atomic E-state index is 6.27. The Balaban J connectivity index is 1.15. The Labute approximate surface area is 339 Å². The summed E-state index contributed by atoms with van der Waals surface area (Å²) in [5, 5.41) is 7.97. The molecule has 2 bridgehead atoms. The number of hydrogen-bond acceptors (Lipinski definition) is 1. The first-order valence-corrected chi connectivity index (χ1v) is 22.3. The molecule has 10 aromatic rings. The molecule has 0 aliphatic heterocycles. The number of benzene rings is 9. The number of fused-ring (bicyclic) bond motifs is 3. The lowest BCUT2D eigenvalue weighted by molar-refractivity contribution is 0.669. The van der Waals surface area contributed by atoms with Gasteiger partial charge in [-0.25, -0.2) is 0 Å². The first-order valence-electron chi connectivity index (χ1n) is 20.3. The van der Waals surface area contributed by atoms with Gasteiger partial charge in [0.15, 0.2) is 8.07 Å². The summed E-state index contributed by atoms with van der Waals surface area (Å²) in [6, 6.07) is 81.9. The third-order valence-corrected chi connectivity index (χ3v) is 17.9. The Morgan fingerprint density at radius 2 is 0.828 bits per heavy atom. The van der Waals surface area contributed by atoms with Crippen molar-refractivity contribution in [1.82, 2.24) is 0 Å². The van der Waals surface area contributed by atoms with E-state index in [0.717, 1.165) is 21.9 Å². The molecule has 1 aromatic heterocycles. The molecule has 1 nitrogen and oxygen atoms in total. The molecule has 2 unspecified atom stereocenters. The Kier molecular flexibility index (Phi) is 7.45. The summed E-state index contributed by atoms with van der Waals surface area (Å²) in [5.74, 6) is 0.177. The van der Waals surface area contributed by atoms with E-state index in [-0.39, 0.29) is 11.8 Å². The van der Waals surface area contributed by atoms with Gasteiger partial charge in [-0.2, -0.15) is 0 Å². The molecule has 58 heavy (non-hydrogen) atoms. The Morgan fingerprint density at radius 1 is 0.328 bits per heavy atom. The minimum Gasteiger partial charge on any atom is -0.456 e. The molecule has 3 aliphatic rings. The van der Waals surface area contributed by atoms with Crippen LogP contribution in [0.2, 0.25) is 0 Å². The normalized spacial score (nSPS) is 15.2. The molecule has 0 N–H and O–H groups in total. The van der Waals surface area contributed by atoms with Crippen LogP contribution in [0.15, 0.2) is 223 Å². The zero-order chi connectivity index (χ0) is 38.2. The lowest BCUT2D eigenvalue weighted by Crippen LogP contribution is -2.75. The second kappa shape index (κ2) is 13.0. The molecular weight excluding hydrogens is 717 g/mol. The number of hydrogen-bond donors (Lipinski definition) is 0. The van der Waals surface area contributed by atoms with Crippen molar-refractivity contribution in [3.63, 3.8) is 0 Å². The molecule has 0 radical (unpaired) electrons. The maximum Gasteiger partial charge on any atom is 0.179 e. The summed E-state index contributed by atoms with van der Waals surface area (Å²) in [5.41, 5.74) is 15.5. The van der Waals surface area contributed by atoms with Crippen molar-refractivity contribution in [2.24, 2.45) is 0 Å². The van der Waals surface area contributed by atoms with Gasteiger partial charge < -0.3 is 4.42 Å². The van der Waals surface area contributed by atoms with Crippen molar-refractivity contribution in [3.05, 3.63) is 252 Å². The van der Waals surface area contributed by atoms with Gasteiger partial charge >= 0.3 is 0 Å². The molecule has 13 rings (SSSR count). The number of para-hydroxylation sites is 1. The predicted octanol–water partition coefficient (Wildman–Crippen LogP) is 11.3. The lowest BCUT2D eigenvalue weighted by Gasteiger charge is -2.47. The number of rotatable bonds is 6. The van der Waals surface area contributed by atoms with Gasteiger partial charge in [0.05, 0.1) is 0 Å². The van der Waals surface area contributed by atoms with Gasteiger partial charge in [0.1, 0.15) is 11.2 Å². The standard InChI is InChI=1S/C56H38OSi/c1-4-18-38(19-5-1)58(39-20-6-2-7-21-39,40-22-8-3-9-23-40)52-33-17-31-48-53-45-27-12-13-28-46(45)56(55(48)52)54-44(29-16-30-47(53)54)42-25-11-10-24-41(42)37-34-35-51-49(36-37)43-26-14-15-32-50(43)57-51/h1-36,53,56H. The van der Waals surface area contributed by atoms with Crippen molar-refractivity contribution in [2.45, 2.75) is 11.8 Å². The first-order chi connectivity index (χ1) is 28.8. The van der Waals surface area contributed by atoms with Crippen LogP contribution < -0.4 is 20.7 Å². The third kappa shape index (κ3) is 4.70. The van der Waals surface area contributed by atoms with Crippen LogP contribution in [0.25, 0.3) is 44.2 Å². The molecule has 2 atom stereocenters. The van der Waals surface area contributed by atoms with E-state index < -0.39 is 8.07 Å². The summed E-state index contributed by atoms with van der Waals surface area (Å²) >= 11 is 0. The topological polar surface area (TPSA) is 13.1 Å². The molecule has 272 valence electrons. The van der Waals surface area contributed by atoms with Crippen molar-refractivity contribution < 1.29 is 4.42 Å². The third-order valence-electron chi connectivity index (χ3n) is 13.0. The van der Waals surface area contributed by atoms with E-state index in [1.807, 2.05) is 6.07 Å². The summed E-state index contributed by atoms with van der Waals surface area (Å²) in [6.07, 6.45) is 0. The molecule has 1 heterocycles. The van der Waals surface area contributed by atoms with E-state index >= 15 is 0 Å². The van der Waals surface area contributed by atoms with Crippen LogP contribution in [-0.4, -0.2) is 8.07 Å². The van der Waals surface area contributed by atoms with Crippen LogP contribution in [0.3, 0.4) is 0 Å². The molecule has 3 aliphatic carbocycles. The second-order valence-electron chi connectivity index (χ2n) is 15.8. The molecule has 0 amide bonds. The van der Waals surface area contributed by atoms with Crippen molar-refractivity contribution in [3.8, 4) is 22.3 Å². The van der Waals surface area contributed by atoms with Gasteiger partial charge in [-0.1, -0.05) is 200 Å². The average molecular weight is 755 g/mol. The highest BCUT2D eigenvalue weighted by molar-refractivity contribution is 7.20. The van der Waals surface area contributed by atoms with Crippen LogP contribution in [0.5, 0.6) is 0 Å². The van der Waals surface area contributed by atoms with Crippen LogP contribution in [-0.2, 0) is 0 Å². The van der Waals surface area contributed by atoms with Crippen LogP contribution in [0.1, 0.15) is 45.2 Å². The quantitative estimate of drug-likeness (QED) is 0.122. The number of furan rings is 1. The zero-order valence-electron chi connectivity index (χ0n) is 31.8. The van der Waals surface area contributed by atoms with E-state index in [1.54, 1.807) is 0 Å². The zero-order valence-corrected chi connectivity index (χ0v) is 32.8. The fourth-order valence-corrected chi connectivity index (χ4v) is 15.8. The second-order valence-corrected chi connectivity index (χ2v) is 19.6. The monoisotopic (exact) mass is 754 g/mol. The van der Waals surface area contributed by atoms with Crippen LogP contribution >= 0.6 is 0 Å². The van der Waals surface area contributed by atoms with Crippen LogP contribution in [0.4, 0.5) is 0 Å². The van der Waals surface area contributed by atoms with Gasteiger partial charge in [-0.15, -0.1) is 0 Å². The molecule has 0 spiro atoms. The highest BCUT2D eigenvalue weighted by Gasteiger charge is 2.49. The van der Waals surface area contributed by atoms with Gasteiger partial charge in [0.25, 0.3) is 0 Å². The van der Waals surface area contributed by atoms with Crippen molar-refractivity contribution in [1.29, 1.82) is 0 Å². The summed E-state index contributed by atoms with van der Waals surface area (Å²) in [4.78, 5) is 0. The molecule has 0 saturated heterocycles. The van der Waals surface area contributed by atoms with Crippen molar-refractivity contribution >= 4 is 50.8 Å². The summed E-state index contributed by atoms with van der Waals surface area (Å²) in [7, 11) is -2.87. The summed E-state index contributed by atoms with van der Waals surface area (Å²) in [6.45, 7) is 0. The fraction of sp³-hybridized carbons (Fsp3) is 0.0357. The van der Waals surface area contributed by atoms with E-state index in [4.69, 9.17) is 4.42 Å². The van der Waals surface area contributed by atoms with E-state index in [1.165, 1.54) is 76.4 Å². The van der Waals surface area contributed by atoms with Crippen molar-refractivity contribution in [2.75, 3.05) is 0 Å². The van der Waals surface area contributed by atoms with E-state index in [2.05, 4.69) is 212 Å². The summed E-state index contributed by atoms with van der Waals surface area (Å²) < 4.78 is 6.27. The average Bonchev–Trinajstić information content (AvgIpc) is 3.68. The van der Waals surface area contributed by atoms with E-state index in [0.29, 0.717) is 0 Å². The van der Waals surface area contributed by atoms with E-state index in [9.17, 15) is 0 Å². The van der Waals surface area contributed by atoms with Gasteiger partial charge in [-0.05, 0) is 94.6 Å². The van der Waals surface area contributed by atoms with Gasteiger partial charge in [-0.3, -0.25) is 0 Å². The predicted molar refractivity (Wildman–Crippen MR) is 243 cm³/mol. The Hall–Kier alpha value is -7.00. The highest BCUT2D eigenvalue weighted by Crippen LogP contribution is 2.58. The smallest absolute Gasteiger partial charge is 0.179 e. The maximum atomic E-state index is 6.27. The largest absolute Gasteiger partial charge is 0.456 e. The SMILES string of the molecule is c1ccc([Si](c2ccccc2)(c2ccccc2)c2cccc3c2C2c4ccccc4C3c3cccc(-c4ccccc4-c4ccc5oc6ccccc6c5c4)c32)cc1. The molecular formula is C56H38OSi. The molecule has 0 fully saturated rings. The fourth-order valence-electron chi connectivity index (χ4n) is 10.8. The minimum atomic E-state index is -2.87. The highest BCUT2D eigenvalue weighted by atomic mass is 28.3. The Bertz CT molecular complexity index is 3080. The van der Waals surface area contributed by atoms with Gasteiger partial charge in [0.2, 0.25) is 0 Å².